The van der Waals surface area contributed by atoms with Gasteiger partial charge in [0.2, 0.25) is 0 Å². The molecule has 0 spiro atoms. The first-order valence-electron chi connectivity index (χ1n) is 6.46. The molecule has 1 atom stereocenters. The molecule has 1 unspecified atom stereocenters. The van der Waals surface area contributed by atoms with Crippen molar-refractivity contribution < 1.29 is 8.78 Å². The maximum atomic E-state index is 13.6. The number of hydrogen-bond acceptors (Lipinski definition) is 1. The van der Waals surface area contributed by atoms with Crippen molar-refractivity contribution in [1.29, 1.82) is 0 Å². The van der Waals surface area contributed by atoms with Gasteiger partial charge in [-0.2, -0.15) is 0 Å². The summed E-state index contributed by atoms with van der Waals surface area (Å²) in [6, 6.07) is 9.31. The van der Waals surface area contributed by atoms with E-state index in [9.17, 15) is 8.78 Å². The van der Waals surface area contributed by atoms with Gasteiger partial charge in [0.05, 0.1) is 6.04 Å². The van der Waals surface area contributed by atoms with E-state index in [0.29, 0.717) is 4.47 Å². The monoisotopic (exact) mass is 339 g/mol. The highest BCUT2D eigenvalue weighted by Gasteiger charge is 2.17. The van der Waals surface area contributed by atoms with Crippen molar-refractivity contribution in [3.8, 4) is 0 Å². The van der Waals surface area contributed by atoms with Gasteiger partial charge in [-0.1, -0.05) is 35.0 Å². The second-order valence-electron chi connectivity index (χ2n) is 4.72. The lowest BCUT2D eigenvalue weighted by Gasteiger charge is -2.21. The van der Waals surface area contributed by atoms with Crippen LogP contribution in [0.5, 0.6) is 0 Å². The first-order chi connectivity index (χ1) is 9.51. The van der Waals surface area contributed by atoms with Gasteiger partial charge in [-0.05, 0) is 54.4 Å². The van der Waals surface area contributed by atoms with Crippen LogP contribution in [0.3, 0.4) is 0 Å². The molecule has 0 bridgehead atoms. The molecule has 2 aromatic carbocycles. The summed E-state index contributed by atoms with van der Waals surface area (Å²) in [6.45, 7) is 4.57. The normalized spacial score (nSPS) is 12.4. The highest BCUT2D eigenvalue weighted by atomic mass is 79.9. The molecular weight excluding hydrogens is 324 g/mol. The van der Waals surface area contributed by atoms with Gasteiger partial charge in [-0.25, -0.2) is 8.78 Å². The standard InChI is InChI=1S/C16H16BrF2N/c1-3-20-16(11-6-10(2)7-13(19)8-11)14-5-4-12(18)9-15(14)17/h4-9,16,20H,3H2,1-2H3. The van der Waals surface area contributed by atoms with Crippen LogP contribution in [0.25, 0.3) is 0 Å². The molecule has 0 radical (unpaired) electrons. The highest BCUT2D eigenvalue weighted by Crippen LogP contribution is 2.30. The van der Waals surface area contributed by atoms with Crippen LogP contribution in [0.1, 0.15) is 29.7 Å². The van der Waals surface area contributed by atoms with Crippen molar-refractivity contribution in [3.05, 3.63) is 69.2 Å². The lowest BCUT2D eigenvalue weighted by Crippen LogP contribution is -2.22. The molecule has 0 fully saturated rings. The Bertz CT molecular complexity index is 593. The molecule has 0 aliphatic rings. The molecule has 106 valence electrons. The van der Waals surface area contributed by atoms with Gasteiger partial charge in [0.1, 0.15) is 11.6 Å². The van der Waals surface area contributed by atoms with E-state index in [1.807, 2.05) is 19.9 Å². The van der Waals surface area contributed by atoms with E-state index in [-0.39, 0.29) is 17.7 Å². The number of aryl methyl sites for hydroxylation is 1. The number of nitrogens with one attached hydrogen (secondary N) is 1. The molecule has 0 saturated heterocycles. The van der Waals surface area contributed by atoms with E-state index in [0.717, 1.165) is 23.2 Å². The van der Waals surface area contributed by atoms with E-state index in [4.69, 9.17) is 0 Å². The predicted molar refractivity (Wildman–Crippen MR) is 80.8 cm³/mol. The minimum atomic E-state index is -0.300. The second kappa shape index (κ2) is 6.46. The summed E-state index contributed by atoms with van der Waals surface area (Å²) in [4.78, 5) is 0. The van der Waals surface area contributed by atoms with Gasteiger partial charge >= 0.3 is 0 Å². The quantitative estimate of drug-likeness (QED) is 0.848. The molecule has 0 aliphatic heterocycles. The van der Waals surface area contributed by atoms with Crippen LogP contribution in [0, 0.1) is 18.6 Å². The number of halogens is 3. The molecule has 0 aromatic heterocycles. The van der Waals surface area contributed by atoms with Crippen LogP contribution in [-0.2, 0) is 0 Å². The van der Waals surface area contributed by atoms with Crippen LogP contribution in [0.15, 0.2) is 40.9 Å². The summed E-state index contributed by atoms with van der Waals surface area (Å²) in [5, 5.41) is 3.31. The summed E-state index contributed by atoms with van der Waals surface area (Å²) in [7, 11) is 0. The van der Waals surface area contributed by atoms with Crippen LogP contribution >= 0.6 is 15.9 Å². The summed E-state index contributed by atoms with van der Waals surface area (Å²) < 4.78 is 27.5. The topological polar surface area (TPSA) is 12.0 Å². The van der Waals surface area contributed by atoms with E-state index < -0.39 is 0 Å². The lowest BCUT2D eigenvalue weighted by molar-refractivity contribution is 0.596. The molecule has 0 aliphatic carbocycles. The Morgan fingerprint density at radius 1 is 1.10 bits per heavy atom. The molecule has 2 rings (SSSR count). The third-order valence-electron chi connectivity index (χ3n) is 3.08. The Balaban J connectivity index is 2.49. The predicted octanol–water partition coefficient (Wildman–Crippen LogP) is 4.73. The third-order valence-corrected chi connectivity index (χ3v) is 3.77. The highest BCUT2D eigenvalue weighted by molar-refractivity contribution is 9.10. The molecule has 4 heteroatoms. The van der Waals surface area contributed by atoms with E-state index in [1.165, 1.54) is 24.3 Å². The van der Waals surface area contributed by atoms with Crippen LogP contribution in [0.2, 0.25) is 0 Å². The van der Waals surface area contributed by atoms with Crippen molar-refractivity contribution in [1.82, 2.24) is 5.32 Å². The molecule has 1 N–H and O–H groups in total. The second-order valence-corrected chi connectivity index (χ2v) is 5.57. The summed E-state index contributed by atoms with van der Waals surface area (Å²) in [5.41, 5.74) is 2.58. The molecule has 2 aromatic rings. The minimum Gasteiger partial charge on any atom is -0.306 e. The Hall–Kier alpha value is -1.26. The van der Waals surface area contributed by atoms with E-state index in [1.54, 1.807) is 6.07 Å². The molecular formula is C16H16BrF2N. The number of benzene rings is 2. The summed E-state index contributed by atoms with van der Waals surface area (Å²) in [6.07, 6.45) is 0. The van der Waals surface area contributed by atoms with Gasteiger partial charge in [0.25, 0.3) is 0 Å². The summed E-state index contributed by atoms with van der Waals surface area (Å²) in [5.74, 6) is -0.563. The largest absolute Gasteiger partial charge is 0.306 e. The first kappa shape index (κ1) is 15.1. The van der Waals surface area contributed by atoms with E-state index in [2.05, 4.69) is 21.2 Å². The molecule has 0 heterocycles. The lowest BCUT2D eigenvalue weighted by atomic mass is 9.97. The van der Waals surface area contributed by atoms with Gasteiger partial charge in [-0.3, -0.25) is 0 Å². The fraction of sp³-hybridized carbons (Fsp3) is 0.250. The minimum absolute atomic E-state index is 0.177. The maximum Gasteiger partial charge on any atom is 0.124 e. The van der Waals surface area contributed by atoms with Crippen molar-refractivity contribution in [2.45, 2.75) is 19.9 Å². The zero-order valence-electron chi connectivity index (χ0n) is 11.4. The van der Waals surface area contributed by atoms with Crippen LogP contribution in [-0.4, -0.2) is 6.54 Å². The molecule has 0 saturated carbocycles. The SMILES string of the molecule is CCNC(c1cc(C)cc(F)c1)c1ccc(F)cc1Br. The number of hydrogen-bond donors (Lipinski definition) is 1. The number of rotatable bonds is 4. The first-order valence-corrected chi connectivity index (χ1v) is 7.26. The van der Waals surface area contributed by atoms with Crippen LogP contribution in [0.4, 0.5) is 8.78 Å². The smallest absolute Gasteiger partial charge is 0.124 e. The van der Waals surface area contributed by atoms with Crippen molar-refractivity contribution in [2.75, 3.05) is 6.54 Å². The van der Waals surface area contributed by atoms with Crippen molar-refractivity contribution in [3.63, 3.8) is 0 Å². The fourth-order valence-electron chi connectivity index (χ4n) is 2.28. The Morgan fingerprint density at radius 2 is 1.85 bits per heavy atom. The fourth-order valence-corrected chi connectivity index (χ4v) is 2.86. The molecule has 20 heavy (non-hydrogen) atoms. The van der Waals surface area contributed by atoms with Crippen LogP contribution < -0.4 is 5.32 Å². The van der Waals surface area contributed by atoms with Gasteiger partial charge in [0, 0.05) is 4.47 Å². The third kappa shape index (κ3) is 3.44. The molecule has 0 amide bonds. The van der Waals surface area contributed by atoms with E-state index >= 15 is 0 Å². The maximum absolute atomic E-state index is 13.6. The van der Waals surface area contributed by atoms with Gasteiger partial charge in [-0.15, -0.1) is 0 Å². The van der Waals surface area contributed by atoms with Crippen molar-refractivity contribution >= 4 is 15.9 Å². The average molecular weight is 340 g/mol. The Morgan fingerprint density at radius 3 is 2.45 bits per heavy atom. The Labute approximate surface area is 126 Å². The average Bonchev–Trinajstić information content (AvgIpc) is 2.35. The molecule has 1 nitrogen and oxygen atoms in total. The van der Waals surface area contributed by atoms with Crippen molar-refractivity contribution in [2.24, 2.45) is 0 Å². The zero-order chi connectivity index (χ0) is 14.7. The van der Waals surface area contributed by atoms with Gasteiger partial charge in [0.15, 0.2) is 0 Å². The Kier molecular flexibility index (Phi) is 4.89. The van der Waals surface area contributed by atoms with Gasteiger partial charge < -0.3 is 5.32 Å². The zero-order valence-corrected chi connectivity index (χ0v) is 13.0. The summed E-state index contributed by atoms with van der Waals surface area (Å²) >= 11 is 3.38.